The lowest BCUT2D eigenvalue weighted by atomic mass is 10.1. The summed E-state index contributed by atoms with van der Waals surface area (Å²) in [6, 6.07) is 10.2. The minimum Gasteiger partial charge on any atom is -0.279 e. The summed E-state index contributed by atoms with van der Waals surface area (Å²) in [4.78, 5) is 9.25. The molecule has 0 aliphatic rings. The molecule has 21 heavy (non-hydrogen) atoms. The highest BCUT2D eigenvalue weighted by Gasteiger charge is 2.15. The molecule has 0 amide bonds. The number of pyridine rings is 1. The zero-order valence-corrected chi connectivity index (χ0v) is 14.2. The van der Waals surface area contributed by atoms with Crippen LogP contribution in [0.4, 0.5) is 0 Å². The molecular weight excluding hydrogens is 350 g/mol. The van der Waals surface area contributed by atoms with Crippen molar-refractivity contribution < 1.29 is 0 Å². The molecule has 108 valence electrons. The van der Waals surface area contributed by atoms with Crippen LogP contribution in [0.2, 0.25) is 0 Å². The number of alkyl halides is 1. The third-order valence-corrected chi connectivity index (χ3v) is 4.23. The van der Waals surface area contributed by atoms with E-state index in [1.807, 2.05) is 25.1 Å². The minimum atomic E-state index is 0.356. The molecule has 0 saturated carbocycles. The van der Waals surface area contributed by atoms with Crippen molar-refractivity contribution in [3.05, 3.63) is 51.9 Å². The van der Waals surface area contributed by atoms with Gasteiger partial charge in [-0.2, -0.15) is 0 Å². The Hall–Kier alpha value is -1.39. The maximum Gasteiger partial charge on any atom is 0.164 e. The van der Waals surface area contributed by atoms with E-state index in [1.165, 1.54) is 5.56 Å². The van der Waals surface area contributed by atoms with Crippen LogP contribution in [0.1, 0.15) is 24.0 Å². The Bertz CT molecular complexity index is 811. The number of hydrogen-bond acceptors (Lipinski definition) is 2. The molecular formula is C16H15BrClN3. The first-order valence-electron chi connectivity index (χ1n) is 6.83. The van der Waals surface area contributed by atoms with Gasteiger partial charge in [0.05, 0.1) is 11.6 Å². The molecule has 0 radical (unpaired) electrons. The van der Waals surface area contributed by atoms with Crippen LogP contribution in [0, 0.1) is 6.92 Å². The van der Waals surface area contributed by atoms with Crippen LogP contribution in [0.3, 0.4) is 0 Å². The second-order valence-electron chi connectivity index (χ2n) is 4.92. The number of nitrogens with zero attached hydrogens (tertiary/aromatic N) is 3. The Morgan fingerprint density at radius 2 is 2.00 bits per heavy atom. The van der Waals surface area contributed by atoms with E-state index in [-0.39, 0.29) is 0 Å². The Labute approximate surface area is 137 Å². The summed E-state index contributed by atoms with van der Waals surface area (Å²) in [5.74, 6) is 1.18. The fourth-order valence-electron chi connectivity index (χ4n) is 2.50. The molecule has 5 heteroatoms. The summed E-state index contributed by atoms with van der Waals surface area (Å²) in [5.41, 5.74) is 5.04. The maximum absolute atomic E-state index is 6.10. The van der Waals surface area contributed by atoms with Crippen LogP contribution in [0.25, 0.3) is 16.9 Å². The Balaban J connectivity index is 2.35. The Morgan fingerprint density at radius 3 is 2.71 bits per heavy atom. The van der Waals surface area contributed by atoms with Crippen molar-refractivity contribution in [1.29, 1.82) is 0 Å². The molecule has 1 aromatic carbocycles. The van der Waals surface area contributed by atoms with E-state index in [0.29, 0.717) is 5.88 Å². The summed E-state index contributed by atoms with van der Waals surface area (Å²) in [5, 5.41) is 0. The number of fused-ring (bicyclic) bond motifs is 1. The van der Waals surface area contributed by atoms with Crippen molar-refractivity contribution in [2.75, 3.05) is 0 Å². The molecule has 0 spiro atoms. The summed E-state index contributed by atoms with van der Waals surface area (Å²) in [7, 11) is 0. The van der Waals surface area contributed by atoms with Crippen molar-refractivity contribution in [3.8, 4) is 5.69 Å². The first kappa shape index (κ1) is 14.5. The predicted octanol–water partition coefficient (Wildman–Crippen LogP) is 4.79. The third-order valence-electron chi connectivity index (χ3n) is 3.50. The van der Waals surface area contributed by atoms with E-state index in [0.717, 1.165) is 39.3 Å². The minimum absolute atomic E-state index is 0.356. The average Bonchev–Trinajstić information content (AvgIpc) is 2.84. The van der Waals surface area contributed by atoms with Gasteiger partial charge in [0.1, 0.15) is 11.3 Å². The summed E-state index contributed by atoms with van der Waals surface area (Å²) < 4.78 is 3.14. The van der Waals surface area contributed by atoms with Gasteiger partial charge in [0.25, 0.3) is 0 Å². The van der Waals surface area contributed by atoms with Gasteiger partial charge >= 0.3 is 0 Å². The van der Waals surface area contributed by atoms with Crippen LogP contribution in [-0.2, 0) is 12.3 Å². The fourth-order valence-corrected chi connectivity index (χ4v) is 3.08. The van der Waals surface area contributed by atoms with E-state index in [2.05, 4.69) is 49.5 Å². The zero-order chi connectivity index (χ0) is 15.0. The van der Waals surface area contributed by atoms with E-state index in [9.17, 15) is 0 Å². The standard InChI is InChI=1S/C16H15BrClN3/c1-3-11-8-12(17)5-7-14(11)21-15(9-18)20-13-6-4-10(2)19-16(13)21/h4-8H,3,9H2,1-2H3. The molecule has 0 aliphatic carbocycles. The lowest BCUT2D eigenvalue weighted by Crippen LogP contribution is -2.04. The van der Waals surface area contributed by atoms with E-state index < -0.39 is 0 Å². The maximum atomic E-state index is 6.10. The SMILES string of the molecule is CCc1cc(Br)ccc1-n1c(CCl)nc2ccc(C)nc21. The van der Waals surface area contributed by atoms with Gasteiger partial charge in [-0.05, 0) is 49.2 Å². The van der Waals surface area contributed by atoms with Gasteiger partial charge in [0.15, 0.2) is 5.65 Å². The van der Waals surface area contributed by atoms with Crippen LogP contribution in [0.5, 0.6) is 0 Å². The summed E-state index contributed by atoms with van der Waals surface area (Å²) >= 11 is 9.63. The monoisotopic (exact) mass is 363 g/mol. The highest BCUT2D eigenvalue weighted by atomic mass is 79.9. The van der Waals surface area contributed by atoms with Crippen molar-refractivity contribution in [1.82, 2.24) is 14.5 Å². The van der Waals surface area contributed by atoms with Crippen LogP contribution < -0.4 is 0 Å². The quantitative estimate of drug-likeness (QED) is 0.625. The Morgan fingerprint density at radius 1 is 1.19 bits per heavy atom. The smallest absolute Gasteiger partial charge is 0.164 e. The van der Waals surface area contributed by atoms with Gasteiger partial charge in [0.2, 0.25) is 0 Å². The second-order valence-corrected chi connectivity index (χ2v) is 6.10. The van der Waals surface area contributed by atoms with Crippen molar-refractivity contribution in [2.45, 2.75) is 26.1 Å². The molecule has 3 nitrogen and oxygen atoms in total. The molecule has 3 rings (SSSR count). The largest absolute Gasteiger partial charge is 0.279 e. The molecule has 2 heterocycles. The molecule has 0 saturated heterocycles. The van der Waals surface area contributed by atoms with Crippen LogP contribution >= 0.6 is 27.5 Å². The highest BCUT2D eigenvalue weighted by molar-refractivity contribution is 9.10. The van der Waals surface area contributed by atoms with Gasteiger partial charge in [-0.1, -0.05) is 22.9 Å². The summed E-state index contributed by atoms with van der Waals surface area (Å²) in [6.07, 6.45) is 0.933. The zero-order valence-electron chi connectivity index (χ0n) is 11.9. The average molecular weight is 365 g/mol. The van der Waals surface area contributed by atoms with E-state index >= 15 is 0 Å². The lowest BCUT2D eigenvalue weighted by Gasteiger charge is -2.12. The Kier molecular flexibility index (Phi) is 4.00. The van der Waals surface area contributed by atoms with Crippen molar-refractivity contribution in [3.63, 3.8) is 0 Å². The number of imidazole rings is 1. The third kappa shape index (κ3) is 2.58. The lowest BCUT2D eigenvalue weighted by molar-refractivity contribution is 0.941. The first-order valence-corrected chi connectivity index (χ1v) is 8.16. The second kappa shape index (κ2) is 5.78. The number of hydrogen-bond donors (Lipinski definition) is 0. The highest BCUT2D eigenvalue weighted by Crippen LogP contribution is 2.26. The van der Waals surface area contributed by atoms with Crippen molar-refractivity contribution >= 4 is 38.7 Å². The number of rotatable bonds is 3. The number of aromatic nitrogens is 3. The normalized spacial score (nSPS) is 11.2. The number of halogens is 2. The van der Waals surface area contributed by atoms with Crippen LogP contribution in [-0.4, -0.2) is 14.5 Å². The summed E-state index contributed by atoms with van der Waals surface area (Å²) in [6.45, 7) is 4.13. The molecule has 0 unspecified atom stereocenters. The van der Waals surface area contributed by atoms with Gasteiger partial charge in [0, 0.05) is 10.2 Å². The molecule has 3 aromatic rings. The fraction of sp³-hybridized carbons (Fsp3) is 0.250. The molecule has 0 fully saturated rings. The van der Waals surface area contributed by atoms with Crippen LogP contribution in [0.15, 0.2) is 34.8 Å². The van der Waals surface area contributed by atoms with Gasteiger partial charge in [-0.15, -0.1) is 11.6 Å². The van der Waals surface area contributed by atoms with Gasteiger partial charge < -0.3 is 0 Å². The number of aryl methyl sites for hydroxylation is 2. The number of benzene rings is 1. The topological polar surface area (TPSA) is 30.7 Å². The molecule has 0 atom stereocenters. The molecule has 0 aliphatic heterocycles. The molecule has 0 bridgehead atoms. The molecule has 2 aromatic heterocycles. The van der Waals surface area contributed by atoms with Gasteiger partial charge in [-0.3, -0.25) is 4.57 Å². The molecule has 0 N–H and O–H groups in total. The van der Waals surface area contributed by atoms with E-state index in [4.69, 9.17) is 11.6 Å². The van der Waals surface area contributed by atoms with Crippen molar-refractivity contribution in [2.24, 2.45) is 0 Å². The first-order chi connectivity index (χ1) is 10.1. The van der Waals surface area contributed by atoms with E-state index in [1.54, 1.807) is 0 Å². The van der Waals surface area contributed by atoms with Gasteiger partial charge in [-0.25, -0.2) is 9.97 Å². The predicted molar refractivity (Wildman–Crippen MR) is 90.2 cm³/mol.